The van der Waals surface area contributed by atoms with Crippen molar-refractivity contribution in [1.29, 1.82) is 0 Å². The molecular formula is C19H35NO12Si. The van der Waals surface area contributed by atoms with Crippen LogP contribution in [0.3, 0.4) is 0 Å². The van der Waals surface area contributed by atoms with Gasteiger partial charge in [-0.05, 0) is 20.0 Å². The Kier molecular flexibility index (Phi) is 9.76. The molecule has 2 fully saturated rings. The summed E-state index contributed by atoms with van der Waals surface area (Å²) in [6.07, 6.45) is -11.8. The second-order valence-corrected chi connectivity index (χ2v) is 12.1. The Balaban J connectivity index is 2.33. The van der Waals surface area contributed by atoms with Crippen molar-refractivity contribution in [2.75, 3.05) is 20.8 Å². The fourth-order valence-corrected chi connectivity index (χ4v) is 4.41. The summed E-state index contributed by atoms with van der Waals surface area (Å²) in [6, 6.07) is -1.08. The summed E-state index contributed by atoms with van der Waals surface area (Å²) in [6.45, 7) is 6.14. The summed E-state index contributed by atoms with van der Waals surface area (Å²) in [5.74, 6) is -1.90. The third-order valence-corrected chi connectivity index (χ3v) is 7.61. The Morgan fingerprint density at radius 2 is 1.67 bits per heavy atom. The zero-order chi connectivity index (χ0) is 25.1. The van der Waals surface area contributed by atoms with E-state index in [2.05, 4.69) is 5.32 Å². The van der Waals surface area contributed by atoms with Crippen LogP contribution in [0, 0.1) is 0 Å². The van der Waals surface area contributed by atoms with Crippen LogP contribution in [0.4, 0.5) is 0 Å². The van der Waals surface area contributed by atoms with Crippen LogP contribution in [-0.4, -0.2) is 123 Å². The van der Waals surface area contributed by atoms with E-state index in [1.807, 2.05) is 0 Å². The van der Waals surface area contributed by atoms with Gasteiger partial charge in [0.15, 0.2) is 12.4 Å². The smallest absolute Gasteiger partial charge is 0.335 e. The summed E-state index contributed by atoms with van der Waals surface area (Å²) in [5, 5.41) is 43.7. The van der Waals surface area contributed by atoms with Crippen molar-refractivity contribution in [2.24, 2.45) is 0 Å². The second-order valence-electron chi connectivity index (χ2n) is 8.56. The first-order valence-corrected chi connectivity index (χ1v) is 13.4. The predicted molar refractivity (Wildman–Crippen MR) is 112 cm³/mol. The van der Waals surface area contributed by atoms with E-state index in [0.717, 1.165) is 0 Å². The summed E-state index contributed by atoms with van der Waals surface area (Å²) in [7, 11) is 0.327. The lowest BCUT2D eigenvalue weighted by Gasteiger charge is -2.47. The number of nitrogens with one attached hydrogen (secondary N) is 1. The molecule has 33 heavy (non-hydrogen) atoms. The number of rotatable bonds is 9. The van der Waals surface area contributed by atoms with Crippen molar-refractivity contribution in [3.8, 4) is 0 Å². The van der Waals surface area contributed by atoms with E-state index < -0.39 is 81.6 Å². The van der Waals surface area contributed by atoms with Gasteiger partial charge < -0.3 is 53.5 Å². The minimum absolute atomic E-state index is 0.105. The molecule has 14 heteroatoms. The molecule has 0 aliphatic carbocycles. The van der Waals surface area contributed by atoms with Crippen LogP contribution in [0.5, 0.6) is 0 Å². The maximum absolute atomic E-state index is 11.8. The number of carbonyl (C=O) groups is 2. The highest BCUT2D eigenvalue weighted by atomic mass is 28.4. The lowest BCUT2D eigenvalue weighted by molar-refractivity contribution is -0.319. The number of aliphatic hydroxyl groups is 3. The van der Waals surface area contributed by atoms with E-state index in [1.165, 1.54) is 28.1 Å². The van der Waals surface area contributed by atoms with E-state index in [-0.39, 0.29) is 6.61 Å². The summed E-state index contributed by atoms with van der Waals surface area (Å²) < 4.78 is 33.5. The molecule has 10 atom stereocenters. The molecule has 0 saturated carbocycles. The van der Waals surface area contributed by atoms with Crippen LogP contribution in [0.1, 0.15) is 13.8 Å². The largest absolute Gasteiger partial charge is 0.479 e. The Labute approximate surface area is 193 Å². The molecule has 5 N–H and O–H groups in total. The van der Waals surface area contributed by atoms with E-state index in [1.54, 1.807) is 13.1 Å². The number of carboxylic acids is 1. The summed E-state index contributed by atoms with van der Waals surface area (Å²) in [4.78, 5) is 23.6. The third kappa shape index (κ3) is 6.69. The van der Waals surface area contributed by atoms with Gasteiger partial charge in [-0.25, -0.2) is 4.79 Å². The fourth-order valence-electron chi connectivity index (χ4n) is 3.73. The van der Waals surface area contributed by atoms with Crippen LogP contribution in [-0.2, 0) is 37.4 Å². The fraction of sp³-hybridized carbons (Fsp3) is 0.895. The van der Waals surface area contributed by atoms with E-state index in [4.69, 9.17) is 27.8 Å². The van der Waals surface area contributed by atoms with E-state index in [9.17, 15) is 30.0 Å². The molecule has 0 aromatic rings. The van der Waals surface area contributed by atoms with E-state index in [0.29, 0.717) is 0 Å². The number of carboxylic acid groups (broad SMARTS) is 1. The molecule has 1 amide bonds. The molecule has 10 unspecified atom stereocenters. The highest BCUT2D eigenvalue weighted by Crippen LogP contribution is 2.30. The first-order chi connectivity index (χ1) is 15.3. The normalized spacial score (nSPS) is 39.8. The quantitative estimate of drug-likeness (QED) is 0.220. The molecule has 0 aromatic carbocycles. The van der Waals surface area contributed by atoms with Crippen LogP contribution < -0.4 is 5.32 Å². The van der Waals surface area contributed by atoms with Crippen molar-refractivity contribution in [3.63, 3.8) is 0 Å². The monoisotopic (exact) mass is 497 g/mol. The van der Waals surface area contributed by atoms with Gasteiger partial charge in [-0.1, -0.05) is 0 Å². The van der Waals surface area contributed by atoms with Crippen LogP contribution >= 0.6 is 0 Å². The van der Waals surface area contributed by atoms with Crippen molar-refractivity contribution in [2.45, 2.75) is 88.1 Å². The van der Waals surface area contributed by atoms with Gasteiger partial charge in [0.05, 0.1) is 12.7 Å². The number of hydrogen-bond acceptors (Lipinski definition) is 11. The van der Waals surface area contributed by atoms with Gasteiger partial charge in [-0.15, -0.1) is 0 Å². The summed E-state index contributed by atoms with van der Waals surface area (Å²) in [5.41, 5.74) is 0. The molecule has 2 aliphatic rings. The minimum Gasteiger partial charge on any atom is -0.479 e. The maximum Gasteiger partial charge on any atom is 0.335 e. The first-order valence-electron chi connectivity index (χ1n) is 10.5. The molecule has 2 heterocycles. The molecule has 2 saturated heterocycles. The van der Waals surface area contributed by atoms with Crippen molar-refractivity contribution < 1.29 is 57.8 Å². The molecule has 13 nitrogen and oxygen atoms in total. The molecular weight excluding hydrogens is 462 g/mol. The van der Waals surface area contributed by atoms with Gasteiger partial charge in [-0.3, -0.25) is 4.79 Å². The SMILES string of the molecule is COC1C(O)C(CO[Si](C)(C)OC)OC(OC2C(C(=O)O)OC(C)C(O)C2O)C1NC(C)=O. The summed E-state index contributed by atoms with van der Waals surface area (Å²) >= 11 is 0. The van der Waals surface area contributed by atoms with Gasteiger partial charge in [0, 0.05) is 21.1 Å². The number of aliphatic carboxylic acids is 1. The van der Waals surface area contributed by atoms with Gasteiger partial charge in [0.25, 0.3) is 0 Å². The second kappa shape index (κ2) is 11.5. The van der Waals surface area contributed by atoms with E-state index >= 15 is 0 Å². The van der Waals surface area contributed by atoms with Gasteiger partial charge in [0.2, 0.25) is 5.91 Å². The number of amides is 1. The first kappa shape index (κ1) is 28.0. The standard InChI is InChI=1S/C19H35NO12Si/c1-8-12(22)14(24)16(17(30-8)18(25)26)32-19-11(20-9(2)21)15(27-3)13(23)10(31-19)7-29-33(5,6)28-4/h8,10-17,19,22-24H,7H2,1-6H3,(H,20,21)(H,25,26). The average molecular weight is 498 g/mol. The minimum atomic E-state index is -2.50. The highest BCUT2D eigenvalue weighted by molar-refractivity contribution is 6.64. The Morgan fingerprint density at radius 1 is 1.03 bits per heavy atom. The van der Waals surface area contributed by atoms with Gasteiger partial charge >= 0.3 is 14.5 Å². The molecule has 192 valence electrons. The molecule has 0 aromatic heterocycles. The number of aliphatic hydroxyl groups excluding tert-OH is 3. The topological polar surface area (TPSA) is 182 Å². The number of ether oxygens (including phenoxy) is 4. The van der Waals surface area contributed by atoms with Gasteiger partial charge in [-0.2, -0.15) is 0 Å². The van der Waals surface area contributed by atoms with Crippen molar-refractivity contribution >= 4 is 20.4 Å². The van der Waals surface area contributed by atoms with Crippen molar-refractivity contribution in [3.05, 3.63) is 0 Å². The Morgan fingerprint density at radius 3 is 2.18 bits per heavy atom. The van der Waals surface area contributed by atoms with Gasteiger partial charge in [0.1, 0.15) is 42.7 Å². The molecule has 2 aliphatic heterocycles. The number of hydrogen-bond donors (Lipinski definition) is 5. The third-order valence-electron chi connectivity index (χ3n) is 5.76. The maximum atomic E-state index is 11.8. The van der Waals surface area contributed by atoms with Crippen LogP contribution in [0.25, 0.3) is 0 Å². The number of carbonyl (C=O) groups excluding carboxylic acids is 1. The lowest BCUT2D eigenvalue weighted by Crippen LogP contribution is -2.68. The molecule has 0 bridgehead atoms. The highest BCUT2D eigenvalue weighted by Gasteiger charge is 2.52. The molecule has 2 rings (SSSR count). The average Bonchev–Trinajstić information content (AvgIpc) is 2.74. The number of methoxy groups -OCH3 is 1. The predicted octanol–water partition coefficient (Wildman–Crippen LogP) is -2.06. The van der Waals surface area contributed by atoms with Crippen LogP contribution in [0.15, 0.2) is 0 Å². The zero-order valence-corrected chi connectivity index (χ0v) is 20.5. The lowest BCUT2D eigenvalue weighted by atomic mass is 9.94. The Bertz CT molecular complexity index is 681. The zero-order valence-electron chi connectivity index (χ0n) is 19.5. The van der Waals surface area contributed by atoms with Crippen LogP contribution in [0.2, 0.25) is 13.1 Å². The molecule has 0 spiro atoms. The molecule has 0 radical (unpaired) electrons. The Hall–Kier alpha value is -1.20. The van der Waals surface area contributed by atoms with Crippen molar-refractivity contribution in [1.82, 2.24) is 5.32 Å².